The monoisotopic (exact) mass is 922 g/mol. The first-order valence-electron chi connectivity index (χ1n) is 18.0. The van der Waals surface area contributed by atoms with Gasteiger partial charge in [-0.05, 0) is 55.3 Å². The van der Waals surface area contributed by atoms with Crippen molar-refractivity contribution in [1.82, 2.24) is 35.5 Å². The van der Waals surface area contributed by atoms with Crippen LogP contribution in [0.1, 0.15) is 38.5 Å². The molecule has 0 saturated carbocycles. The molecule has 10 N–H and O–H groups in total. The highest BCUT2D eigenvalue weighted by molar-refractivity contribution is 8.44. The first kappa shape index (κ1) is 48.6. The molecule has 1 saturated heterocycles. The van der Waals surface area contributed by atoms with E-state index < -0.39 is 80.3 Å². The highest BCUT2D eigenvalue weighted by Crippen LogP contribution is 2.55. The number of carbonyl (C=O) groups excluding carboxylic acids is 4. The topological polar surface area (TPSA) is 331 Å². The SMILES string of the molecule is CN[C@H](C(=O)N[C@@H](CCCNC(N)=O)C(=O)Nc1ccc(COC(=O)Nc2nc3c(ncn3[C@@H]3OC(COP(O)(=S)OC)[C@@H](OP(=O)(S)OC)[C@H]3O)c(=O)[nH]2)cc1)C(C)C. The van der Waals surface area contributed by atoms with Crippen molar-refractivity contribution in [2.45, 2.75) is 69.9 Å². The third kappa shape index (κ3) is 13.5. The number of aliphatic hydroxyl groups is 1. The molecule has 28 heteroatoms. The normalized spacial score (nSPS) is 20.8. The molecule has 0 radical (unpaired) electrons. The molecule has 24 nitrogen and oxygen atoms in total. The van der Waals surface area contributed by atoms with Crippen molar-refractivity contribution in [3.8, 4) is 0 Å². The van der Waals surface area contributed by atoms with Gasteiger partial charge in [0.15, 0.2) is 17.4 Å². The number of nitrogens with one attached hydrogen (secondary N) is 6. The predicted octanol–water partition coefficient (Wildman–Crippen LogP) is 1.19. The van der Waals surface area contributed by atoms with Crippen LogP contribution < -0.4 is 37.9 Å². The number of thiol groups is 1. The molecule has 0 aliphatic carbocycles. The Balaban J connectivity index is 1.41. The highest BCUT2D eigenvalue weighted by atomic mass is 32.7. The Kier molecular flexibility index (Phi) is 17.6. The van der Waals surface area contributed by atoms with Gasteiger partial charge in [-0.25, -0.2) is 19.1 Å². The number of likely N-dealkylation sites (N-methyl/N-ethyl adjacent to an activating group) is 1. The van der Waals surface area contributed by atoms with Gasteiger partial charge in [-0.15, -0.1) is 0 Å². The summed E-state index contributed by atoms with van der Waals surface area (Å²) in [5.41, 5.74) is 4.87. The van der Waals surface area contributed by atoms with E-state index in [0.717, 1.165) is 25.1 Å². The van der Waals surface area contributed by atoms with E-state index in [9.17, 15) is 38.5 Å². The van der Waals surface area contributed by atoms with E-state index in [1.54, 1.807) is 31.3 Å². The van der Waals surface area contributed by atoms with E-state index in [2.05, 4.69) is 53.8 Å². The van der Waals surface area contributed by atoms with Crippen LogP contribution in [0, 0.1) is 5.92 Å². The summed E-state index contributed by atoms with van der Waals surface area (Å²) in [6, 6.07) is 4.11. The van der Waals surface area contributed by atoms with Crippen molar-refractivity contribution in [3.05, 3.63) is 46.5 Å². The number of H-pyrrole nitrogens is 1. The number of aromatic nitrogens is 4. The summed E-state index contributed by atoms with van der Waals surface area (Å²) in [4.78, 5) is 83.7. The zero-order valence-corrected chi connectivity index (χ0v) is 36.4. The maximum Gasteiger partial charge on any atom is 0.414 e. The molecule has 0 spiro atoms. The van der Waals surface area contributed by atoms with Gasteiger partial charge in [-0.1, -0.05) is 38.2 Å². The van der Waals surface area contributed by atoms with Crippen LogP contribution in [0.2, 0.25) is 0 Å². The smallest absolute Gasteiger partial charge is 0.414 e. The lowest BCUT2D eigenvalue weighted by atomic mass is 10.0. The average Bonchev–Trinajstić information content (AvgIpc) is 3.74. The Bertz CT molecular complexity index is 2150. The number of hydrogen-bond acceptors (Lipinski definition) is 17. The van der Waals surface area contributed by atoms with Gasteiger partial charge in [-0.2, -0.15) is 4.98 Å². The third-order valence-electron chi connectivity index (χ3n) is 8.81. The average molecular weight is 923 g/mol. The van der Waals surface area contributed by atoms with Crippen molar-refractivity contribution in [3.63, 3.8) is 0 Å². The lowest BCUT2D eigenvalue weighted by Gasteiger charge is -2.24. The number of amides is 5. The fraction of sp³-hybridized carbons (Fsp3) is 0.531. The Labute approximate surface area is 353 Å². The number of nitrogens with two attached hydrogens (primary N) is 1. The van der Waals surface area contributed by atoms with Gasteiger partial charge in [-0.3, -0.25) is 33.8 Å². The highest BCUT2D eigenvalue weighted by Gasteiger charge is 2.49. The molecule has 0 bridgehead atoms. The minimum absolute atomic E-state index is 0.0546. The van der Waals surface area contributed by atoms with Crippen molar-refractivity contribution in [1.29, 1.82) is 0 Å². The van der Waals surface area contributed by atoms with Crippen molar-refractivity contribution in [2.75, 3.05) is 45.1 Å². The molecule has 1 aliphatic rings. The molecule has 3 heterocycles. The second-order valence-corrected chi connectivity index (χ2v) is 19.3. The number of anilines is 2. The molecule has 1 aliphatic heterocycles. The summed E-state index contributed by atoms with van der Waals surface area (Å²) in [6.45, 7) is -4.54. The maximum atomic E-state index is 13.3. The Morgan fingerprint density at radius 3 is 2.45 bits per heavy atom. The van der Waals surface area contributed by atoms with Crippen LogP contribution in [0.4, 0.5) is 21.2 Å². The molecule has 1 aromatic carbocycles. The molecule has 3 unspecified atom stereocenters. The molecule has 2 aromatic heterocycles. The van der Waals surface area contributed by atoms with Crippen LogP contribution >= 0.6 is 25.8 Å². The van der Waals surface area contributed by atoms with E-state index in [1.807, 2.05) is 13.8 Å². The number of imidazole rings is 1. The van der Waals surface area contributed by atoms with Gasteiger partial charge in [0.2, 0.25) is 17.8 Å². The number of carbonyl (C=O) groups is 4. The molecule has 1 fully saturated rings. The molecule has 3 aromatic rings. The number of primary amides is 1. The number of aliphatic hydroxyl groups excluding tert-OH is 1. The van der Waals surface area contributed by atoms with Gasteiger partial charge < -0.3 is 60.0 Å². The summed E-state index contributed by atoms with van der Waals surface area (Å²) < 4.78 is 45.2. The molecular weight excluding hydrogens is 874 g/mol. The minimum Gasteiger partial charge on any atom is -0.444 e. The van der Waals surface area contributed by atoms with Crippen LogP contribution in [0.15, 0.2) is 35.4 Å². The second kappa shape index (κ2) is 21.7. The van der Waals surface area contributed by atoms with Crippen LogP contribution in [0.5, 0.6) is 0 Å². The number of fused-ring (bicyclic) bond motifs is 1. The zero-order valence-electron chi connectivity index (χ0n) is 32.9. The van der Waals surface area contributed by atoms with Crippen molar-refractivity contribution in [2.24, 2.45) is 11.7 Å². The Morgan fingerprint density at radius 1 is 1.13 bits per heavy atom. The molecule has 60 heavy (non-hydrogen) atoms. The van der Waals surface area contributed by atoms with Gasteiger partial charge in [0, 0.05) is 26.5 Å². The quantitative estimate of drug-likeness (QED) is 0.0407. The van der Waals surface area contributed by atoms with Crippen molar-refractivity contribution < 1.29 is 61.3 Å². The number of urea groups is 1. The summed E-state index contributed by atoms with van der Waals surface area (Å²) >= 11 is 8.71. The fourth-order valence-corrected chi connectivity index (χ4v) is 7.42. The Morgan fingerprint density at radius 2 is 1.83 bits per heavy atom. The maximum absolute atomic E-state index is 13.3. The summed E-state index contributed by atoms with van der Waals surface area (Å²) in [5.74, 6) is -1.28. The first-order chi connectivity index (χ1) is 28.3. The van der Waals surface area contributed by atoms with Crippen LogP contribution in [0.3, 0.4) is 0 Å². The molecular formula is C32H48N10O14P2S2. The largest absolute Gasteiger partial charge is 0.444 e. The van der Waals surface area contributed by atoms with Gasteiger partial charge in [0.25, 0.3) is 5.56 Å². The van der Waals surface area contributed by atoms with Crippen molar-refractivity contribution >= 4 is 84.3 Å². The lowest BCUT2D eigenvalue weighted by Crippen LogP contribution is -2.52. The third-order valence-corrected chi connectivity index (χ3v) is 12.3. The number of benzene rings is 1. The molecule has 332 valence electrons. The van der Waals surface area contributed by atoms with Crippen LogP contribution in [0.25, 0.3) is 11.2 Å². The minimum atomic E-state index is -4.02. The number of hydrogen-bond donors (Lipinski definition) is 10. The number of nitrogens with zero attached hydrogens (tertiary/aromatic N) is 3. The molecule has 4 rings (SSSR count). The summed E-state index contributed by atoms with van der Waals surface area (Å²) in [6.07, 6.45) is -5.03. The van der Waals surface area contributed by atoms with Gasteiger partial charge in [0.05, 0.1) is 19.0 Å². The van der Waals surface area contributed by atoms with Gasteiger partial charge >= 0.3 is 25.6 Å². The van der Waals surface area contributed by atoms with E-state index in [1.165, 1.54) is 0 Å². The Hall–Kier alpha value is -4.04. The van der Waals surface area contributed by atoms with Crippen LogP contribution in [-0.4, -0.2) is 118 Å². The predicted molar refractivity (Wildman–Crippen MR) is 221 cm³/mol. The van der Waals surface area contributed by atoms with E-state index in [-0.39, 0.29) is 48.5 Å². The fourth-order valence-electron chi connectivity index (χ4n) is 5.81. The second-order valence-electron chi connectivity index (χ2n) is 13.4. The summed E-state index contributed by atoms with van der Waals surface area (Å²) in [5, 5.41) is 24.5. The standard InChI is InChI=1S/C32H48N10O14P2S2/c1-16(2)21(34-3)27(45)38-19(7-6-12-35-30(33)47)26(44)37-18-10-8-17(9-11-18)13-53-32(48)41-31-39-25-22(28(46)40-31)36-15-42(25)29-23(43)24(56-58(50,60)52-5)20(55-29)14-54-57(49,59)51-4/h8-11,15-16,19-21,23-24,29,34,43H,6-7,12-14H2,1-5H3,(H,37,44)(H,38,45)(H,49,59)(H,50,60)(H3,33,35,47)(H2,39,40,41,46,48)/t19-,20?,21-,23+,24+,29+,57?,58?/m0/s1. The first-order valence-corrected chi connectivity index (χ1v) is 23.3. The lowest BCUT2D eigenvalue weighted by molar-refractivity contribution is -0.128. The molecule has 5 amide bonds. The van der Waals surface area contributed by atoms with Crippen LogP contribution in [-0.2, 0) is 60.1 Å². The van der Waals surface area contributed by atoms with Gasteiger partial charge in [0.1, 0.15) is 31.0 Å². The number of aromatic amines is 1. The summed E-state index contributed by atoms with van der Waals surface area (Å²) in [7, 11) is 3.85. The van der Waals surface area contributed by atoms with E-state index >= 15 is 0 Å². The zero-order chi connectivity index (χ0) is 44.4. The van der Waals surface area contributed by atoms with E-state index in [0.29, 0.717) is 17.7 Å². The molecule has 8 atom stereocenters. The van der Waals surface area contributed by atoms with E-state index in [4.69, 9.17) is 45.1 Å². The number of rotatable bonds is 21. The number of ether oxygens (including phenoxy) is 2.